The van der Waals surface area contributed by atoms with Crippen molar-refractivity contribution in [2.75, 3.05) is 7.11 Å². The van der Waals surface area contributed by atoms with E-state index in [1.54, 1.807) is 11.3 Å². The van der Waals surface area contributed by atoms with Gasteiger partial charge < -0.3 is 4.74 Å². The summed E-state index contributed by atoms with van der Waals surface area (Å²) in [5, 5.41) is 0.876. The summed E-state index contributed by atoms with van der Waals surface area (Å²) in [5.41, 5.74) is 0.543. The van der Waals surface area contributed by atoms with Crippen molar-refractivity contribution in [3.05, 3.63) is 27.7 Å². The van der Waals surface area contributed by atoms with E-state index in [2.05, 4.69) is 37.9 Å². The minimum Gasteiger partial charge on any atom is -0.464 e. The van der Waals surface area contributed by atoms with Crippen molar-refractivity contribution in [2.24, 2.45) is 0 Å². The van der Waals surface area contributed by atoms with Crippen LogP contribution in [0.3, 0.4) is 0 Å². The summed E-state index contributed by atoms with van der Waals surface area (Å²) in [5.74, 6) is -0.370. The van der Waals surface area contributed by atoms with Gasteiger partial charge in [-0.05, 0) is 24.5 Å². The molecule has 0 radical (unpaired) electrons. The zero-order chi connectivity index (χ0) is 14.2. The molecule has 0 aromatic carbocycles. The molecule has 102 valence electrons. The van der Waals surface area contributed by atoms with Crippen LogP contribution in [-0.4, -0.2) is 18.1 Å². The zero-order valence-electron chi connectivity index (χ0n) is 11.7. The van der Waals surface area contributed by atoms with Crippen molar-refractivity contribution in [1.29, 1.82) is 0 Å². The third-order valence-electron chi connectivity index (χ3n) is 2.68. The number of nitrogens with zero attached hydrogens (tertiary/aromatic N) is 1. The Bertz CT molecular complexity index is 605. The second kappa shape index (κ2) is 5.06. The first-order valence-electron chi connectivity index (χ1n) is 5.99. The number of hydrogen-bond acceptors (Lipinski definition) is 5. The van der Waals surface area contributed by atoms with Crippen LogP contribution in [0.1, 0.15) is 41.1 Å². The summed E-state index contributed by atoms with van der Waals surface area (Å²) in [4.78, 5) is 19.3. The molecule has 0 aliphatic carbocycles. The summed E-state index contributed by atoms with van der Waals surface area (Å²) in [6, 6.07) is 4.18. The number of hydrogen-bond donors (Lipinski definition) is 0. The van der Waals surface area contributed by atoms with Gasteiger partial charge in [0.25, 0.3) is 0 Å². The molecule has 0 bridgehead atoms. The lowest BCUT2D eigenvalue weighted by atomic mass is 9.95. The monoisotopic (exact) mass is 295 g/mol. The number of aromatic nitrogens is 1. The Morgan fingerprint density at radius 3 is 2.47 bits per heavy atom. The predicted molar refractivity (Wildman–Crippen MR) is 80.2 cm³/mol. The molecule has 2 aromatic rings. The molecule has 2 rings (SSSR count). The summed E-state index contributed by atoms with van der Waals surface area (Å²) < 4.78 is 4.80. The normalized spacial score (nSPS) is 11.6. The summed E-state index contributed by atoms with van der Waals surface area (Å²) in [6.45, 7) is 8.45. The molecule has 0 aliphatic heterocycles. The fourth-order valence-electron chi connectivity index (χ4n) is 1.69. The highest BCUT2D eigenvalue weighted by Gasteiger charge is 2.22. The maximum atomic E-state index is 11.8. The Hall–Kier alpha value is -1.20. The van der Waals surface area contributed by atoms with Crippen LogP contribution in [0.2, 0.25) is 0 Å². The Kier molecular flexibility index (Phi) is 3.78. The van der Waals surface area contributed by atoms with Gasteiger partial charge in [-0.3, -0.25) is 0 Å². The molecule has 5 heteroatoms. The quantitative estimate of drug-likeness (QED) is 0.777. The molecule has 0 saturated heterocycles. The van der Waals surface area contributed by atoms with E-state index in [0.29, 0.717) is 5.69 Å². The lowest BCUT2D eigenvalue weighted by molar-refractivity contribution is 0.0595. The zero-order valence-corrected chi connectivity index (χ0v) is 13.4. The molecule has 0 fully saturated rings. The maximum Gasteiger partial charge on any atom is 0.358 e. The molecule has 0 N–H and O–H groups in total. The van der Waals surface area contributed by atoms with Gasteiger partial charge >= 0.3 is 5.97 Å². The number of ether oxygens (including phenoxy) is 1. The largest absolute Gasteiger partial charge is 0.464 e. The van der Waals surface area contributed by atoms with Crippen LogP contribution >= 0.6 is 22.7 Å². The van der Waals surface area contributed by atoms with Crippen molar-refractivity contribution in [1.82, 2.24) is 4.98 Å². The molecule has 0 aliphatic rings. The second-order valence-electron chi connectivity index (χ2n) is 5.32. The van der Waals surface area contributed by atoms with E-state index < -0.39 is 0 Å². The average Bonchev–Trinajstić information content (AvgIpc) is 2.92. The molecular formula is C14H17NO2S2. The van der Waals surface area contributed by atoms with Crippen molar-refractivity contribution in [2.45, 2.75) is 33.1 Å². The molecule has 3 nitrogen and oxygen atoms in total. The van der Waals surface area contributed by atoms with Crippen LogP contribution in [-0.2, 0) is 10.2 Å². The average molecular weight is 295 g/mol. The van der Waals surface area contributed by atoms with E-state index in [1.807, 2.05) is 6.92 Å². The molecular weight excluding hydrogens is 278 g/mol. The number of aryl methyl sites for hydroxylation is 1. The molecule has 0 saturated carbocycles. The molecule has 19 heavy (non-hydrogen) atoms. The van der Waals surface area contributed by atoms with Crippen LogP contribution in [0, 0.1) is 6.92 Å². The first-order valence-corrected chi connectivity index (χ1v) is 7.62. The van der Waals surface area contributed by atoms with E-state index in [-0.39, 0.29) is 11.4 Å². The number of methoxy groups -OCH3 is 1. The number of rotatable bonds is 2. The first-order chi connectivity index (χ1) is 8.82. The van der Waals surface area contributed by atoms with Gasteiger partial charge in [0.15, 0.2) is 5.69 Å². The minimum absolute atomic E-state index is 0.119. The van der Waals surface area contributed by atoms with Gasteiger partial charge in [-0.1, -0.05) is 20.8 Å². The van der Waals surface area contributed by atoms with Crippen LogP contribution in [0.4, 0.5) is 0 Å². The molecule has 0 amide bonds. The van der Waals surface area contributed by atoms with Gasteiger partial charge in [-0.15, -0.1) is 22.7 Å². The molecule has 0 atom stereocenters. The number of thiazole rings is 1. The fraction of sp³-hybridized carbons (Fsp3) is 0.429. The van der Waals surface area contributed by atoms with E-state index in [9.17, 15) is 4.79 Å². The topological polar surface area (TPSA) is 39.2 Å². The van der Waals surface area contributed by atoms with Gasteiger partial charge in [0.2, 0.25) is 0 Å². The summed E-state index contributed by atoms with van der Waals surface area (Å²) in [7, 11) is 1.38. The van der Waals surface area contributed by atoms with E-state index in [4.69, 9.17) is 4.74 Å². The Balaban J connectivity index is 2.47. The van der Waals surface area contributed by atoms with Gasteiger partial charge in [0, 0.05) is 9.75 Å². The van der Waals surface area contributed by atoms with Gasteiger partial charge in [0.05, 0.1) is 17.0 Å². The van der Waals surface area contributed by atoms with Crippen molar-refractivity contribution in [3.8, 4) is 9.75 Å². The van der Waals surface area contributed by atoms with Gasteiger partial charge in [-0.25, -0.2) is 9.78 Å². The first kappa shape index (κ1) is 14.2. The smallest absolute Gasteiger partial charge is 0.358 e. The highest BCUT2D eigenvalue weighted by Crippen LogP contribution is 2.39. The number of esters is 1. The Morgan fingerprint density at radius 1 is 1.26 bits per heavy atom. The van der Waals surface area contributed by atoms with Crippen molar-refractivity contribution in [3.63, 3.8) is 0 Å². The molecule has 0 unspecified atom stereocenters. The van der Waals surface area contributed by atoms with Crippen LogP contribution in [0.15, 0.2) is 12.1 Å². The highest BCUT2D eigenvalue weighted by atomic mass is 32.1. The standard InChI is InChI=1S/C14H17NO2S2/c1-8-15-11(13(16)17-5)12(18-8)9-6-7-10(19-9)14(2,3)4/h6-7H,1-5H3. The SMILES string of the molecule is COC(=O)c1nc(C)sc1-c1ccc(C(C)(C)C)s1. The summed E-state index contributed by atoms with van der Waals surface area (Å²) in [6.07, 6.45) is 0. The van der Waals surface area contributed by atoms with Gasteiger partial charge in [0.1, 0.15) is 0 Å². The lowest BCUT2D eigenvalue weighted by Gasteiger charge is -2.15. The third-order valence-corrected chi connectivity index (χ3v) is 5.34. The summed E-state index contributed by atoms with van der Waals surface area (Å²) >= 11 is 3.24. The fourth-order valence-corrected chi connectivity index (χ4v) is 3.77. The Labute approximate surface area is 121 Å². The molecule has 0 spiro atoms. The molecule has 2 heterocycles. The maximum absolute atomic E-state index is 11.8. The Morgan fingerprint density at radius 2 is 1.95 bits per heavy atom. The second-order valence-corrected chi connectivity index (χ2v) is 7.60. The van der Waals surface area contributed by atoms with Gasteiger partial charge in [-0.2, -0.15) is 0 Å². The third kappa shape index (κ3) is 2.87. The van der Waals surface area contributed by atoms with Crippen LogP contribution in [0.5, 0.6) is 0 Å². The van der Waals surface area contributed by atoms with Crippen molar-refractivity contribution < 1.29 is 9.53 Å². The lowest BCUT2D eigenvalue weighted by Crippen LogP contribution is -2.07. The van der Waals surface area contributed by atoms with Crippen LogP contribution in [0.25, 0.3) is 9.75 Å². The van der Waals surface area contributed by atoms with E-state index >= 15 is 0 Å². The van der Waals surface area contributed by atoms with E-state index in [0.717, 1.165) is 14.8 Å². The number of carbonyl (C=O) groups excluding carboxylic acids is 1. The number of carbonyl (C=O) groups is 1. The highest BCUT2D eigenvalue weighted by molar-refractivity contribution is 7.22. The molecule has 2 aromatic heterocycles. The van der Waals surface area contributed by atoms with Crippen molar-refractivity contribution >= 4 is 28.6 Å². The predicted octanol–water partition coefficient (Wildman–Crippen LogP) is 4.26. The van der Waals surface area contributed by atoms with Crippen LogP contribution < -0.4 is 0 Å². The van der Waals surface area contributed by atoms with E-state index in [1.165, 1.54) is 23.3 Å². The number of thiophene rings is 1. The minimum atomic E-state index is -0.370.